The lowest BCUT2D eigenvalue weighted by atomic mass is 10.1. The molecule has 0 aliphatic heterocycles. The first kappa shape index (κ1) is 11.4. The minimum Gasteiger partial charge on any atom is -0.375 e. The number of anilines is 1. The molecule has 1 rings (SSSR count). The smallest absolute Gasteiger partial charge is 0.252 e. The van der Waals surface area contributed by atoms with Gasteiger partial charge < -0.3 is 5.73 Å². The molecule has 0 bridgehead atoms. The van der Waals surface area contributed by atoms with Crippen molar-refractivity contribution in [3.8, 4) is 0 Å². The fraction of sp³-hybridized carbons (Fsp3) is 0.571. The molecule has 0 saturated heterocycles. The van der Waals surface area contributed by atoms with Gasteiger partial charge >= 0.3 is 0 Å². The summed E-state index contributed by atoms with van der Waals surface area (Å²) in [6.07, 6.45) is 1.26. The Morgan fingerprint density at radius 2 is 2.07 bits per heavy atom. The van der Waals surface area contributed by atoms with Crippen LogP contribution in [0.4, 0.5) is 5.13 Å². The van der Waals surface area contributed by atoms with Crippen LogP contribution < -0.4 is 10.5 Å². The van der Waals surface area contributed by atoms with Gasteiger partial charge in [-0.05, 0) is 20.8 Å². The standard InChI is InChI=1S/C7H13N3O2S2/c1-7(2,3)10-14(11,12)5-4-9-6(8)13-5/h4,10H,1-3H3,(H2,8,9). The highest BCUT2D eigenvalue weighted by Gasteiger charge is 2.23. The Bertz CT molecular complexity index is 416. The van der Waals surface area contributed by atoms with Gasteiger partial charge in [0.1, 0.15) is 0 Å². The van der Waals surface area contributed by atoms with Crippen LogP contribution in [-0.2, 0) is 10.0 Å². The first-order chi connectivity index (χ1) is 6.21. The van der Waals surface area contributed by atoms with E-state index in [-0.39, 0.29) is 9.34 Å². The predicted molar refractivity (Wildman–Crippen MR) is 56.6 cm³/mol. The third kappa shape index (κ3) is 2.93. The molecule has 0 spiro atoms. The van der Waals surface area contributed by atoms with E-state index < -0.39 is 15.6 Å². The van der Waals surface area contributed by atoms with Crippen LogP contribution >= 0.6 is 11.3 Å². The number of hydrogen-bond acceptors (Lipinski definition) is 5. The molecule has 3 N–H and O–H groups in total. The number of thiazole rings is 1. The minimum absolute atomic E-state index is 0.143. The Labute approximate surface area is 87.4 Å². The molecule has 0 saturated carbocycles. The van der Waals surface area contributed by atoms with Crippen LogP contribution in [0.25, 0.3) is 0 Å². The molecule has 14 heavy (non-hydrogen) atoms. The van der Waals surface area contributed by atoms with Crippen molar-refractivity contribution in [3.05, 3.63) is 6.20 Å². The molecule has 0 fully saturated rings. The average molecular weight is 235 g/mol. The van der Waals surface area contributed by atoms with E-state index in [0.29, 0.717) is 0 Å². The summed E-state index contributed by atoms with van der Waals surface area (Å²) < 4.78 is 26.0. The first-order valence-corrected chi connectivity index (χ1v) is 6.26. The number of hydrogen-bond donors (Lipinski definition) is 2. The van der Waals surface area contributed by atoms with Crippen molar-refractivity contribution in [2.45, 2.75) is 30.5 Å². The molecule has 1 heterocycles. The Kier molecular flexibility index (Phi) is 2.84. The molecule has 0 aliphatic rings. The lowest BCUT2D eigenvalue weighted by Gasteiger charge is -2.19. The van der Waals surface area contributed by atoms with Crippen molar-refractivity contribution >= 4 is 26.5 Å². The number of rotatable bonds is 2. The van der Waals surface area contributed by atoms with E-state index in [1.807, 2.05) is 0 Å². The predicted octanol–water partition coefficient (Wildman–Crippen LogP) is 0.802. The summed E-state index contributed by atoms with van der Waals surface area (Å²) in [7, 11) is -3.47. The molecule has 1 aromatic rings. The Hall–Kier alpha value is -0.660. The second kappa shape index (κ2) is 3.48. The molecular formula is C7H13N3O2S2. The number of nitrogens with one attached hydrogen (secondary N) is 1. The Morgan fingerprint density at radius 3 is 2.43 bits per heavy atom. The lowest BCUT2D eigenvalue weighted by Crippen LogP contribution is -2.40. The van der Waals surface area contributed by atoms with Crippen molar-refractivity contribution in [1.29, 1.82) is 0 Å². The van der Waals surface area contributed by atoms with E-state index in [1.165, 1.54) is 6.20 Å². The zero-order chi connectivity index (χ0) is 11.0. The van der Waals surface area contributed by atoms with Gasteiger partial charge in [0.05, 0.1) is 6.20 Å². The normalized spacial score (nSPS) is 13.1. The summed E-state index contributed by atoms with van der Waals surface area (Å²) in [5.74, 6) is 0. The van der Waals surface area contributed by atoms with Crippen LogP contribution in [0, 0.1) is 0 Å². The van der Waals surface area contributed by atoms with Gasteiger partial charge in [0.25, 0.3) is 10.0 Å². The topological polar surface area (TPSA) is 85.1 Å². The molecule has 80 valence electrons. The second-order valence-corrected chi connectivity index (χ2v) is 6.84. The van der Waals surface area contributed by atoms with E-state index in [4.69, 9.17) is 5.73 Å². The molecule has 5 nitrogen and oxygen atoms in total. The third-order valence-corrected chi connectivity index (χ3v) is 4.25. The number of nitrogen functional groups attached to an aromatic ring is 1. The summed E-state index contributed by atoms with van der Waals surface area (Å²) in [5.41, 5.74) is 4.85. The highest BCUT2D eigenvalue weighted by molar-refractivity contribution is 7.91. The van der Waals surface area contributed by atoms with Crippen molar-refractivity contribution in [2.24, 2.45) is 0 Å². The van der Waals surface area contributed by atoms with E-state index in [0.717, 1.165) is 11.3 Å². The summed E-state index contributed by atoms with van der Waals surface area (Å²) in [4.78, 5) is 3.69. The van der Waals surface area contributed by atoms with Crippen LogP contribution in [0.15, 0.2) is 10.4 Å². The van der Waals surface area contributed by atoms with Gasteiger partial charge in [0.15, 0.2) is 9.34 Å². The number of nitrogens with two attached hydrogens (primary N) is 1. The SMILES string of the molecule is CC(C)(C)NS(=O)(=O)c1cnc(N)s1. The van der Waals surface area contributed by atoms with Gasteiger partial charge in [0, 0.05) is 5.54 Å². The molecule has 7 heteroatoms. The maximum Gasteiger partial charge on any atom is 0.252 e. The molecule has 0 aliphatic carbocycles. The monoisotopic (exact) mass is 235 g/mol. The summed E-state index contributed by atoms with van der Waals surface area (Å²) >= 11 is 0.952. The molecule has 0 atom stereocenters. The zero-order valence-corrected chi connectivity index (χ0v) is 9.87. The molecule has 0 radical (unpaired) electrons. The van der Waals surface area contributed by atoms with Crippen LogP contribution in [0.3, 0.4) is 0 Å². The van der Waals surface area contributed by atoms with E-state index in [9.17, 15) is 8.42 Å². The zero-order valence-electron chi connectivity index (χ0n) is 8.23. The van der Waals surface area contributed by atoms with Crippen molar-refractivity contribution < 1.29 is 8.42 Å². The van der Waals surface area contributed by atoms with Crippen molar-refractivity contribution in [1.82, 2.24) is 9.71 Å². The number of sulfonamides is 1. The maximum atomic E-state index is 11.7. The molecular weight excluding hydrogens is 222 g/mol. The van der Waals surface area contributed by atoms with E-state index in [1.54, 1.807) is 20.8 Å². The number of nitrogens with zero attached hydrogens (tertiary/aromatic N) is 1. The molecule has 1 aromatic heterocycles. The highest BCUT2D eigenvalue weighted by atomic mass is 32.2. The van der Waals surface area contributed by atoms with Crippen molar-refractivity contribution in [3.63, 3.8) is 0 Å². The molecule has 0 unspecified atom stereocenters. The minimum atomic E-state index is -3.47. The maximum absolute atomic E-state index is 11.7. The van der Waals surface area contributed by atoms with Gasteiger partial charge in [-0.25, -0.2) is 18.1 Å². The largest absolute Gasteiger partial charge is 0.375 e. The Morgan fingerprint density at radius 1 is 1.50 bits per heavy atom. The highest BCUT2D eigenvalue weighted by Crippen LogP contribution is 2.21. The summed E-state index contributed by atoms with van der Waals surface area (Å²) in [5, 5.41) is 0.249. The fourth-order valence-corrected chi connectivity index (χ4v) is 3.18. The molecule has 0 aromatic carbocycles. The van der Waals surface area contributed by atoms with E-state index in [2.05, 4.69) is 9.71 Å². The Balaban J connectivity index is 2.98. The summed E-state index contributed by atoms with van der Waals surface area (Å²) in [6, 6.07) is 0. The van der Waals surface area contributed by atoms with Crippen LogP contribution in [-0.4, -0.2) is 18.9 Å². The van der Waals surface area contributed by atoms with Gasteiger partial charge in [-0.3, -0.25) is 0 Å². The fourth-order valence-electron chi connectivity index (χ4n) is 0.850. The second-order valence-electron chi connectivity index (χ2n) is 3.87. The average Bonchev–Trinajstić information content (AvgIpc) is 2.29. The molecule has 0 amide bonds. The lowest BCUT2D eigenvalue weighted by molar-refractivity contribution is 0.492. The first-order valence-electron chi connectivity index (χ1n) is 3.96. The van der Waals surface area contributed by atoms with Crippen LogP contribution in [0.1, 0.15) is 20.8 Å². The van der Waals surface area contributed by atoms with Gasteiger partial charge in [-0.1, -0.05) is 11.3 Å². The quantitative estimate of drug-likeness (QED) is 0.794. The van der Waals surface area contributed by atoms with Gasteiger partial charge in [-0.2, -0.15) is 0 Å². The third-order valence-electron chi connectivity index (χ3n) is 1.21. The summed E-state index contributed by atoms with van der Waals surface area (Å²) in [6.45, 7) is 5.32. The van der Waals surface area contributed by atoms with Crippen molar-refractivity contribution in [2.75, 3.05) is 5.73 Å². The van der Waals surface area contributed by atoms with Gasteiger partial charge in [0.2, 0.25) is 0 Å². The number of aromatic nitrogens is 1. The van der Waals surface area contributed by atoms with Crippen LogP contribution in [0.2, 0.25) is 0 Å². The van der Waals surface area contributed by atoms with Crippen LogP contribution in [0.5, 0.6) is 0 Å². The van der Waals surface area contributed by atoms with Gasteiger partial charge in [-0.15, -0.1) is 0 Å². The van der Waals surface area contributed by atoms with E-state index >= 15 is 0 Å².